The van der Waals surface area contributed by atoms with Crippen LogP contribution in [0.1, 0.15) is 59.4 Å². The van der Waals surface area contributed by atoms with Crippen LogP contribution in [0, 0.1) is 0 Å². The van der Waals surface area contributed by atoms with Crippen molar-refractivity contribution in [2.75, 3.05) is 7.11 Å². The third-order valence-electron chi connectivity index (χ3n) is 6.80. The highest BCUT2D eigenvalue weighted by molar-refractivity contribution is 6.62. The number of aromatic nitrogens is 1. The molecule has 2 aliphatic rings. The van der Waals surface area contributed by atoms with E-state index in [-0.39, 0.29) is 11.6 Å². The topological polar surface area (TPSA) is 49.7 Å². The molecular formula is C22H29BFNO4. The van der Waals surface area contributed by atoms with Gasteiger partial charge in [-0.25, -0.2) is 4.39 Å². The first-order chi connectivity index (χ1) is 13.6. The monoisotopic (exact) mass is 401 g/mol. The number of pyridine rings is 1. The highest BCUT2D eigenvalue weighted by Crippen LogP contribution is 2.37. The van der Waals surface area contributed by atoms with Gasteiger partial charge in [0.2, 0.25) is 0 Å². The molecule has 4 rings (SSSR count). The fraction of sp³-hybridized carbons (Fsp3) is 0.591. The van der Waals surface area contributed by atoms with Gasteiger partial charge in [0.25, 0.3) is 5.56 Å². The molecule has 1 aromatic carbocycles. The number of ether oxygens (including phenoxy) is 1. The number of hydrogen-bond donors (Lipinski definition) is 0. The number of nitrogens with zero attached hydrogens (tertiary/aromatic N) is 1. The Hall–Kier alpha value is -1.86. The predicted octanol–water partition coefficient (Wildman–Crippen LogP) is 3.76. The summed E-state index contributed by atoms with van der Waals surface area (Å²) in [6, 6.07) is 5.65. The van der Waals surface area contributed by atoms with Crippen LogP contribution in [-0.2, 0) is 9.31 Å². The number of rotatable bonds is 3. The Morgan fingerprint density at radius 2 is 1.69 bits per heavy atom. The standard InChI is InChI=1S/C22H29BFNO4/c1-21(2)22(3,4)29-23(28-21)14-6-11-17-18(12-14)20(26)25(13-19(17)27-5)16-9-7-15(24)8-10-16/h6,11-13,15-16H,7-10H2,1-5H3. The lowest BCUT2D eigenvalue weighted by Gasteiger charge is -2.32. The first-order valence-corrected chi connectivity index (χ1v) is 10.4. The van der Waals surface area contributed by atoms with Crippen LogP contribution in [0.3, 0.4) is 0 Å². The zero-order valence-electron chi connectivity index (χ0n) is 17.8. The molecule has 1 aromatic heterocycles. The number of halogens is 1. The molecule has 156 valence electrons. The van der Waals surface area contributed by atoms with E-state index in [4.69, 9.17) is 14.0 Å². The summed E-state index contributed by atoms with van der Waals surface area (Å²) < 4.78 is 33.2. The third kappa shape index (κ3) is 3.48. The van der Waals surface area contributed by atoms with Gasteiger partial charge in [0, 0.05) is 11.4 Å². The van der Waals surface area contributed by atoms with E-state index in [0.29, 0.717) is 36.8 Å². The van der Waals surface area contributed by atoms with Crippen molar-refractivity contribution >= 4 is 23.4 Å². The molecule has 0 unspecified atom stereocenters. The third-order valence-corrected chi connectivity index (χ3v) is 6.80. The van der Waals surface area contributed by atoms with Crippen molar-refractivity contribution in [3.8, 4) is 5.75 Å². The van der Waals surface area contributed by atoms with Crippen LogP contribution in [0.2, 0.25) is 0 Å². The highest BCUT2D eigenvalue weighted by atomic mass is 19.1. The summed E-state index contributed by atoms with van der Waals surface area (Å²) >= 11 is 0. The van der Waals surface area contributed by atoms with Crippen LogP contribution in [0.4, 0.5) is 4.39 Å². The molecule has 0 amide bonds. The van der Waals surface area contributed by atoms with Crippen molar-refractivity contribution in [2.45, 2.75) is 76.8 Å². The Labute approximate surface area is 171 Å². The molecule has 1 saturated carbocycles. The molecule has 0 spiro atoms. The number of benzene rings is 1. The Morgan fingerprint density at radius 1 is 1.07 bits per heavy atom. The molecule has 2 aromatic rings. The second-order valence-corrected chi connectivity index (χ2v) is 9.21. The van der Waals surface area contributed by atoms with E-state index in [2.05, 4.69) is 0 Å². The Bertz CT molecular complexity index is 963. The Balaban J connectivity index is 1.78. The molecule has 2 fully saturated rings. The number of methoxy groups -OCH3 is 1. The lowest BCUT2D eigenvalue weighted by Crippen LogP contribution is -2.41. The maximum atomic E-state index is 13.6. The quantitative estimate of drug-likeness (QED) is 0.735. The number of hydrogen-bond acceptors (Lipinski definition) is 4. The molecule has 0 atom stereocenters. The first kappa shape index (κ1) is 20.4. The van der Waals surface area contributed by atoms with Crippen molar-refractivity contribution in [3.63, 3.8) is 0 Å². The molecule has 2 heterocycles. The maximum Gasteiger partial charge on any atom is 0.494 e. The zero-order chi connectivity index (χ0) is 21.0. The second kappa shape index (κ2) is 7.13. The fourth-order valence-corrected chi connectivity index (χ4v) is 4.22. The zero-order valence-corrected chi connectivity index (χ0v) is 17.8. The normalized spacial score (nSPS) is 26.1. The van der Waals surface area contributed by atoms with Crippen LogP contribution in [0.25, 0.3) is 10.8 Å². The van der Waals surface area contributed by atoms with E-state index in [1.807, 2.05) is 45.9 Å². The minimum absolute atomic E-state index is 0.00620. The summed E-state index contributed by atoms with van der Waals surface area (Å²) in [5.41, 5.74) is -0.180. The minimum atomic E-state index is -0.765. The van der Waals surface area contributed by atoms with E-state index in [1.54, 1.807) is 17.9 Å². The molecule has 29 heavy (non-hydrogen) atoms. The average Bonchev–Trinajstić information content (AvgIpc) is 2.90. The van der Waals surface area contributed by atoms with Crippen LogP contribution in [-0.4, -0.2) is 36.2 Å². The summed E-state index contributed by atoms with van der Waals surface area (Å²) in [5.74, 6) is 0.641. The molecule has 0 N–H and O–H groups in total. The molecular weight excluding hydrogens is 372 g/mol. The van der Waals surface area contributed by atoms with Crippen LogP contribution in [0.15, 0.2) is 29.2 Å². The largest absolute Gasteiger partial charge is 0.495 e. The minimum Gasteiger partial charge on any atom is -0.495 e. The summed E-state index contributed by atoms with van der Waals surface area (Å²) in [4.78, 5) is 13.3. The van der Waals surface area contributed by atoms with Crippen LogP contribution in [0.5, 0.6) is 5.75 Å². The SMILES string of the molecule is COc1cn(C2CCC(F)CC2)c(=O)c2cc(B3OC(C)(C)C(C)(C)O3)ccc12. The summed E-state index contributed by atoms with van der Waals surface area (Å²) in [6.45, 7) is 8.02. The first-order valence-electron chi connectivity index (χ1n) is 10.4. The van der Waals surface area contributed by atoms with Crippen molar-refractivity contribution in [1.29, 1.82) is 0 Å². The molecule has 5 nitrogen and oxygen atoms in total. The lowest BCUT2D eigenvalue weighted by molar-refractivity contribution is 0.00578. The smallest absolute Gasteiger partial charge is 0.494 e. The maximum absolute atomic E-state index is 13.6. The molecule has 1 aliphatic heterocycles. The van der Waals surface area contributed by atoms with Crippen molar-refractivity contribution < 1.29 is 18.4 Å². The van der Waals surface area contributed by atoms with E-state index in [0.717, 1.165) is 10.8 Å². The Kier molecular flexibility index (Phi) is 5.02. The second-order valence-electron chi connectivity index (χ2n) is 9.21. The lowest BCUT2D eigenvalue weighted by atomic mass is 9.78. The molecule has 1 aliphatic carbocycles. The van der Waals surface area contributed by atoms with Gasteiger partial charge in [-0.3, -0.25) is 4.79 Å². The average molecular weight is 401 g/mol. The van der Waals surface area contributed by atoms with Gasteiger partial charge in [-0.05, 0) is 64.9 Å². The predicted molar refractivity (Wildman–Crippen MR) is 113 cm³/mol. The Morgan fingerprint density at radius 3 is 2.28 bits per heavy atom. The molecule has 7 heteroatoms. The summed E-state index contributed by atoms with van der Waals surface area (Å²) in [6.07, 6.45) is 3.30. The van der Waals surface area contributed by atoms with Crippen LogP contribution < -0.4 is 15.8 Å². The molecule has 1 saturated heterocycles. The van der Waals surface area contributed by atoms with Crippen molar-refractivity contribution in [1.82, 2.24) is 4.57 Å². The van der Waals surface area contributed by atoms with Crippen molar-refractivity contribution in [3.05, 3.63) is 34.7 Å². The summed E-state index contributed by atoms with van der Waals surface area (Å²) in [5, 5.41) is 1.33. The number of fused-ring (bicyclic) bond motifs is 1. The van der Waals surface area contributed by atoms with Gasteiger partial charge < -0.3 is 18.6 Å². The number of alkyl halides is 1. The van der Waals surface area contributed by atoms with Gasteiger partial charge in [-0.1, -0.05) is 12.1 Å². The van der Waals surface area contributed by atoms with Gasteiger partial charge in [-0.15, -0.1) is 0 Å². The summed E-state index contributed by atoms with van der Waals surface area (Å²) in [7, 11) is 1.06. The molecule has 0 radical (unpaired) electrons. The van der Waals surface area contributed by atoms with Gasteiger partial charge >= 0.3 is 7.12 Å². The van der Waals surface area contributed by atoms with Gasteiger partial charge in [0.15, 0.2) is 0 Å². The van der Waals surface area contributed by atoms with Gasteiger partial charge in [0.1, 0.15) is 11.9 Å². The van der Waals surface area contributed by atoms with Gasteiger partial charge in [0.05, 0.1) is 29.9 Å². The van der Waals surface area contributed by atoms with Crippen molar-refractivity contribution in [2.24, 2.45) is 0 Å². The van der Waals surface area contributed by atoms with Gasteiger partial charge in [-0.2, -0.15) is 0 Å². The fourth-order valence-electron chi connectivity index (χ4n) is 4.22. The van der Waals surface area contributed by atoms with Crippen LogP contribution >= 0.6 is 0 Å². The van der Waals surface area contributed by atoms with E-state index in [1.165, 1.54) is 0 Å². The molecule has 0 bridgehead atoms. The van der Waals surface area contributed by atoms with E-state index in [9.17, 15) is 9.18 Å². The highest BCUT2D eigenvalue weighted by Gasteiger charge is 2.51. The van der Waals surface area contributed by atoms with E-state index >= 15 is 0 Å². The van der Waals surface area contributed by atoms with E-state index < -0.39 is 24.5 Å².